The molecule has 64 heavy (non-hydrogen) atoms. The molecule has 0 aliphatic heterocycles. The molecular weight excluding hydrogens is 1040 g/mol. The minimum absolute atomic E-state index is 0. The topological polar surface area (TPSA) is 35.4 Å². The average Bonchev–Trinajstić information content (AvgIpc) is 3.25. The van der Waals surface area contributed by atoms with Crippen LogP contribution >= 0.6 is 62.1 Å². The SMILES string of the molecule is C[C@H](N=Cc1c([O-])ccc2ccccc12)c1ccccc1.Cc1ccc(C(C)C)cc1.ClCCl.ClCCl.F[P-](F)(F)(F)(F)F.[Ru+2].c1ccc([PH+](c2ccccc2)c2ccccc2)cc1. The molecule has 1 atom stereocenters. The van der Waals surface area contributed by atoms with Crippen molar-refractivity contribution in [3.63, 3.8) is 0 Å². The minimum Gasteiger partial charge on any atom is -0.0620 e. The van der Waals surface area contributed by atoms with Crippen LogP contribution in [0, 0.1) is 6.92 Å². The van der Waals surface area contributed by atoms with Gasteiger partial charge in [0.2, 0.25) is 0 Å². The second kappa shape index (κ2) is 28.5. The van der Waals surface area contributed by atoms with E-state index in [1.54, 1.807) is 12.3 Å². The van der Waals surface area contributed by atoms with Crippen LogP contribution in [0.2, 0.25) is 0 Å². The predicted octanol–water partition coefficient (Wildman–Crippen LogP) is 16.6. The number of aliphatic imine (C=N–C) groups is 1. The van der Waals surface area contributed by atoms with Crippen molar-refractivity contribution < 1.29 is 49.8 Å². The molecular formula is C49H50Cl4F6NOP2Ru+. The Kier molecular flexibility index (Phi) is 26.1. The van der Waals surface area contributed by atoms with Gasteiger partial charge in [0.1, 0.15) is 15.9 Å². The summed E-state index contributed by atoms with van der Waals surface area (Å²) in [7, 11) is -11.5. The van der Waals surface area contributed by atoms with Crippen molar-refractivity contribution in [2.45, 2.75) is 39.7 Å². The van der Waals surface area contributed by atoms with Gasteiger partial charge in [-0.3, -0.25) is 4.99 Å². The van der Waals surface area contributed by atoms with Crippen molar-refractivity contribution in [2.75, 3.05) is 10.7 Å². The van der Waals surface area contributed by atoms with Gasteiger partial charge < -0.3 is 5.11 Å². The fourth-order valence-electron chi connectivity index (χ4n) is 5.68. The summed E-state index contributed by atoms with van der Waals surface area (Å²) in [6.07, 6.45) is 1.71. The Balaban J connectivity index is 0.000000434. The summed E-state index contributed by atoms with van der Waals surface area (Å²) in [6.45, 7) is 8.57. The summed E-state index contributed by atoms with van der Waals surface area (Å²) >= 11 is 19.1. The average molecular weight is 1090 g/mol. The molecule has 0 amide bonds. The maximum absolute atomic E-state index is 12.1. The first kappa shape index (κ1) is 58.5. The molecule has 0 aliphatic carbocycles. The number of halogens is 10. The molecule has 344 valence electrons. The summed E-state index contributed by atoms with van der Waals surface area (Å²) in [6, 6.07) is 62.7. The van der Waals surface area contributed by atoms with E-state index < -0.39 is 15.7 Å². The van der Waals surface area contributed by atoms with Gasteiger partial charge in [0.05, 0.1) is 24.6 Å². The molecule has 0 N–H and O–H groups in total. The van der Waals surface area contributed by atoms with Crippen LogP contribution in [0.1, 0.15) is 55.0 Å². The first-order valence-corrected chi connectivity index (χ1v) is 25.0. The third-order valence-corrected chi connectivity index (χ3v) is 11.3. The maximum atomic E-state index is 12.1. The predicted molar refractivity (Wildman–Crippen MR) is 264 cm³/mol. The molecule has 7 rings (SSSR count). The molecule has 7 aromatic rings. The summed E-state index contributed by atoms with van der Waals surface area (Å²) in [5.41, 5.74) is 4.56. The van der Waals surface area contributed by atoms with Gasteiger partial charge in [0.15, 0.2) is 0 Å². The summed E-state index contributed by atoms with van der Waals surface area (Å²) < 4.78 is 59.2. The number of hydrogen-bond donors (Lipinski definition) is 0. The molecule has 0 aliphatic rings. The molecule has 0 aromatic heterocycles. The van der Waals surface area contributed by atoms with Gasteiger partial charge in [-0.05, 0) is 83.6 Å². The molecule has 0 spiro atoms. The van der Waals surface area contributed by atoms with Crippen LogP contribution in [0.25, 0.3) is 10.8 Å². The second-order valence-electron chi connectivity index (χ2n) is 13.8. The van der Waals surface area contributed by atoms with Crippen LogP contribution in [-0.4, -0.2) is 16.9 Å². The van der Waals surface area contributed by atoms with Gasteiger partial charge in [0.25, 0.3) is 0 Å². The zero-order valence-electron chi connectivity index (χ0n) is 35.4. The van der Waals surface area contributed by atoms with E-state index in [1.807, 2.05) is 67.6 Å². The van der Waals surface area contributed by atoms with Crippen molar-refractivity contribution in [3.8, 4) is 5.75 Å². The molecule has 0 fully saturated rings. The fraction of sp³-hybridized carbons (Fsp3) is 0.163. The van der Waals surface area contributed by atoms with Crippen molar-refractivity contribution in [2.24, 2.45) is 4.99 Å². The third-order valence-electron chi connectivity index (χ3n) is 8.57. The van der Waals surface area contributed by atoms with E-state index >= 15 is 0 Å². The monoisotopic (exact) mass is 1090 g/mol. The molecule has 0 heterocycles. The number of rotatable bonds is 7. The van der Waals surface area contributed by atoms with Gasteiger partial charge in [-0.1, -0.05) is 171 Å². The zero-order valence-corrected chi connectivity index (χ0v) is 42.1. The smallest absolute Gasteiger partial charge is 0.0620 e. The first-order valence-electron chi connectivity index (χ1n) is 19.4. The summed E-state index contributed by atoms with van der Waals surface area (Å²) in [4.78, 5) is 4.55. The van der Waals surface area contributed by atoms with Gasteiger partial charge >= 0.3 is 52.5 Å². The fourth-order valence-corrected chi connectivity index (χ4v) is 8.26. The van der Waals surface area contributed by atoms with Crippen LogP contribution in [0.5, 0.6) is 5.75 Å². The van der Waals surface area contributed by atoms with Crippen molar-refractivity contribution >= 4 is 95.0 Å². The Morgan fingerprint density at radius 1 is 0.531 bits per heavy atom. The summed E-state index contributed by atoms with van der Waals surface area (Å²) in [5, 5.41) is 18.8. The Bertz CT molecular complexity index is 2250. The van der Waals surface area contributed by atoms with E-state index in [-0.39, 0.29) is 41.9 Å². The zero-order chi connectivity index (χ0) is 47.0. The molecule has 7 aromatic carbocycles. The molecule has 0 unspecified atom stereocenters. The van der Waals surface area contributed by atoms with Gasteiger partial charge in [-0.2, -0.15) is 0 Å². The molecule has 0 saturated heterocycles. The van der Waals surface area contributed by atoms with E-state index in [9.17, 15) is 30.3 Å². The third kappa shape index (κ3) is 25.3. The normalized spacial score (nSPS) is 12.1. The van der Waals surface area contributed by atoms with E-state index in [1.165, 1.54) is 27.0 Å². The van der Waals surface area contributed by atoms with Gasteiger partial charge in [-0.25, -0.2) is 0 Å². The number of aryl methyl sites for hydroxylation is 1. The van der Waals surface area contributed by atoms with Crippen molar-refractivity contribution in [3.05, 3.63) is 204 Å². The van der Waals surface area contributed by atoms with Crippen LogP contribution in [0.4, 0.5) is 25.2 Å². The number of hydrogen-bond acceptors (Lipinski definition) is 2. The number of benzene rings is 7. The van der Waals surface area contributed by atoms with E-state index in [4.69, 9.17) is 46.4 Å². The Hall–Kier alpha value is -3.51. The number of fused-ring (bicyclic) bond motifs is 1. The van der Waals surface area contributed by atoms with Crippen molar-refractivity contribution in [1.82, 2.24) is 0 Å². The Morgan fingerprint density at radius 3 is 1.28 bits per heavy atom. The van der Waals surface area contributed by atoms with E-state index in [2.05, 4.69) is 141 Å². The minimum atomic E-state index is -10.7. The quantitative estimate of drug-likeness (QED) is 0.0515. The standard InChI is InChI=1S/C19H17NO.C18H15P.C10H14.2CH2Cl2.F6P.Ru/c1-14(15-7-3-2-4-8-15)20-13-18-17-10-6-5-9-16(17)11-12-19(18)21;1-4-10-16(11-5-1)19(17-12-6-2-7-13-17)18-14-8-3-9-15-18;1-8(2)10-6-4-9(3)5-7-10;2*2-1-3;1-7(2,3,4,5)6;/h2-14,21H,1H3;1-15H;4-8H,1-3H3;2*1H2;;/q;;;;;-1;+2/t14-;;;;;;/m0....../s1. The van der Waals surface area contributed by atoms with E-state index in [0.717, 1.165) is 16.3 Å². The number of nitrogens with zero attached hydrogens (tertiary/aromatic N) is 1. The Morgan fingerprint density at radius 2 is 0.891 bits per heavy atom. The van der Waals surface area contributed by atoms with Crippen LogP contribution in [0.15, 0.2) is 187 Å². The largest absolute Gasteiger partial charge is 2.00 e. The van der Waals surface area contributed by atoms with Gasteiger partial charge in [-0.15, -0.1) is 46.4 Å². The van der Waals surface area contributed by atoms with Crippen LogP contribution in [-0.2, 0) is 19.5 Å². The molecule has 0 radical (unpaired) electrons. The van der Waals surface area contributed by atoms with Crippen LogP contribution in [0.3, 0.4) is 0 Å². The molecule has 2 nitrogen and oxygen atoms in total. The van der Waals surface area contributed by atoms with Crippen LogP contribution < -0.4 is 21.0 Å². The first-order chi connectivity index (χ1) is 29.7. The van der Waals surface area contributed by atoms with Crippen molar-refractivity contribution in [1.29, 1.82) is 0 Å². The Labute approximate surface area is 407 Å². The molecule has 0 bridgehead atoms. The van der Waals surface area contributed by atoms with E-state index in [0.29, 0.717) is 11.5 Å². The maximum Gasteiger partial charge on any atom is 2.00 e. The molecule has 15 heteroatoms. The number of alkyl halides is 4. The van der Waals surface area contributed by atoms with Gasteiger partial charge in [0, 0.05) is 6.21 Å². The molecule has 0 saturated carbocycles. The second-order valence-corrected chi connectivity index (χ2v) is 19.8. The summed E-state index contributed by atoms with van der Waals surface area (Å²) in [5.74, 6) is 0.665.